The fourth-order valence-electron chi connectivity index (χ4n) is 3.77. The predicted molar refractivity (Wildman–Crippen MR) is 95.8 cm³/mol. The van der Waals surface area contributed by atoms with E-state index in [0.717, 1.165) is 37.4 Å². The maximum Gasteiger partial charge on any atom is 0.268 e. The van der Waals surface area contributed by atoms with Gasteiger partial charge in [-0.05, 0) is 49.2 Å². The quantitative estimate of drug-likeness (QED) is 0.887. The number of ether oxygens (including phenoxy) is 1. The molecule has 4 rings (SSSR count). The number of rotatable bonds is 5. The summed E-state index contributed by atoms with van der Waals surface area (Å²) < 4.78 is 5.37. The summed E-state index contributed by atoms with van der Waals surface area (Å²) in [4.78, 5) is 20.4. The van der Waals surface area contributed by atoms with Crippen LogP contribution >= 0.6 is 22.7 Å². The van der Waals surface area contributed by atoms with Crippen LogP contribution in [0.2, 0.25) is 0 Å². The van der Waals surface area contributed by atoms with Crippen molar-refractivity contribution in [2.24, 2.45) is 5.41 Å². The first-order valence-corrected chi connectivity index (χ1v) is 10.0. The number of hydrogen-bond acceptors (Lipinski definition) is 6. The van der Waals surface area contributed by atoms with Crippen molar-refractivity contribution in [3.8, 4) is 5.75 Å². The summed E-state index contributed by atoms with van der Waals surface area (Å²) in [6, 6.07) is 2.19. The van der Waals surface area contributed by atoms with E-state index in [2.05, 4.69) is 10.3 Å². The number of carbonyl (C=O) groups excluding carboxylic acids is 1. The molecule has 2 aliphatic rings. The Morgan fingerprint density at radius 2 is 2.25 bits per heavy atom. The lowest BCUT2D eigenvalue weighted by Crippen LogP contribution is -2.39. The van der Waals surface area contributed by atoms with Crippen LogP contribution in [0, 0.1) is 5.41 Å². The van der Waals surface area contributed by atoms with Gasteiger partial charge >= 0.3 is 0 Å². The number of piperidine rings is 1. The van der Waals surface area contributed by atoms with E-state index in [4.69, 9.17) is 4.74 Å². The maximum absolute atomic E-state index is 13.2. The first-order valence-electron chi connectivity index (χ1n) is 8.25. The molecule has 0 radical (unpaired) electrons. The number of nitrogens with one attached hydrogen (secondary N) is 1. The molecule has 1 N–H and O–H groups in total. The first kappa shape index (κ1) is 16.1. The summed E-state index contributed by atoms with van der Waals surface area (Å²) in [5, 5.41) is 8.31. The predicted octanol–water partition coefficient (Wildman–Crippen LogP) is 3.00. The topological polar surface area (TPSA) is 54.5 Å². The standard InChI is InChI=1S/C17H21N3O2S2/c1-22-12-2-8-24-15(12)16(21)20(11-14-19-7-9-23-14)13-10-17(13)3-5-18-6-4-17/h2,7-9,13,18H,3-6,10-11H2,1H3. The van der Waals surface area contributed by atoms with Gasteiger partial charge in [0.2, 0.25) is 0 Å². The van der Waals surface area contributed by atoms with E-state index in [9.17, 15) is 4.79 Å². The third-order valence-electron chi connectivity index (χ3n) is 5.22. The van der Waals surface area contributed by atoms with Gasteiger partial charge < -0.3 is 15.0 Å². The van der Waals surface area contributed by atoms with Gasteiger partial charge in [0.25, 0.3) is 5.91 Å². The van der Waals surface area contributed by atoms with Gasteiger partial charge in [-0.2, -0.15) is 0 Å². The number of hydrogen-bond donors (Lipinski definition) is 1. The SMILES string of the molecule is COc1ccsc1C(=O)N(Cc1nccs1)C1CC12CCNCC2. The van der Waals surface area contributed by atoms with E-state index in [-0.39, 0.29) is 5.91 Å². The van der Waals surface area contributed by atoms with Crippen LogP contribution in [0.4, 0.5) is 0 Å². The van der Waals surface area contributed by atoms with Gasteiger partial charge in [-0.25, -0.2) is 4.98 Å². The van der Waals surface area contributed by atoms with Gasteiger partial charge in [-0.15, -0.1) is 22.7 Å². The highest BCUT2D eigenvalue weighted by Gasteiger charge is 2.58. The fraction of sp³-hybridized carbons (Fsp3) is 0.529. The Morgan fingerprint density at radius 3 is 2.96 bits per heavy atom. The molecule has 24 heavy (non-hydrogen) atoms. The average molecular weight is 364 g/mol. The van der Waals surface area contributed by atoms with Crippen LogP contribution in [-0.4, -0.2) is 42.0 Å². The van der Waals surface area contributed by atoms with Gasteiger partial charge in [0.1, 0.15) is 15.6 Å². The third kappa shape index (κ3) is 2.85. The summed E-state index contributed by atoms with van der Waals surface area (Å²) >= 11 is 3.07. The number of carbonyl (C=O) groups is 1. The Balaban J connectivity index is 1.60. The molecule has 1 unspecified atom stereocenters. The Hall–Kier alpha value is -1.44. The summed E-state index contributed by atoms with van der Waals surface area (Å²) in [5.74, 6) is 0.756. The van der Waals surface area contributed by atoms with Crippen LogP contribution in [0.25, 0.3) is 0 Å². The molecule has 1 amide bonds. The van der Waals surface area contributed by atoms with Crippen molar-refractivity contribution in [2.45, 2.75) is 31.8 Å². The molecular weight excluding hydrogens is 342 g/mol. The molecule has 0 bridgehead atoms. The molecule has 1 saturated heterocycles. The number of amides is 1. The Morgan fingerprint density at radius 1 is 1.42 bits per heavy atom. The van der Waals surface area contributed by atoms with Crippen LogP contribution in [0.1, 0.15) is 33.9 Å². The zero-order chi connectivity index (χ0) is 16.6. The van der Waals surface area contributed by atoms with E-state index >= 15 is 0 Å². The zero-order valence-electron chi connectivity index (χ0n) is 13.7. The van der Waals surface area contributed by atoms with Gasteiger partial charge in [0, 0.05) is 17.6 Å². The molecule has 2 aromatic rings. The summed E-state index contributed by atoms with van der Waals surface area (Å²) in [7, 11) is 1.62. The minimum atomic E-state index is 0.0810. The minimum absolute atomic E-state index is 0.0810. The second kappa shape index (κ2) is 6.46. The summed E-state index contributed by atoms with van der Waals surface area (Å²) in [6.45, 7) is 2.70. The maximum atomic E-state index is 13.2. The average Bonchev–Trinajstić information content (AvgIpc) is 3.05. The fourth-order valence-corrected chi connectivity index (χ4v) is 5.20. The highest BCUT2D eigenvalue weighted by Crippen LogP contribution is 2.56. The normalized spacial score (nSPS) is 21.6. The molecule has 7 heteroatoms. The van der Waals surface area contributed by atoms with E-state index < -0.39 is 0 Å². The smallest absolute Gasteiger partial charge is 0.268 e. The van der Waals surface area contributed by atoms with Crippen LogP contribution in [0.3, 0.4) is 0 Å². The van der Waals surface area contributed by atoms with Gasteiger partial charge in [0.15, 0.2) is 0 Å². The second-order valence-corrected chi connectivity index (χ2v) is 8.40. The zero-order valence-corrected chi connectivity index (χ0v) is 15.3. The largest absolute Gasteiger partial charge is 0.495 e. The van der Waals surface area contributed by atoms with Crippen molar-refractivity contribution in [3.63, 3.8) is 0 Å². The lowest BCUT2D eigenvalue weighted by Gasteiger charge is -2.29. The third-order valence-corrected chi connectivity index (χ3v) is 6.86. The van der Waals surface area contributed by atoms with Crippen LogP contribution in [-0.2, 0) is 6.54 Å². The highest BCUT2D eigenvalue weighted by molar-refractivity contribution is 7.12. The Kier molecular flexibility index (Phi) is 4.32. The highest BCUT2D eigenvalue weighted by atomic mass is 32.1. The van der Waals surface area contributed by atoms with E-state index in [0.29, 0.717) is 28.6 Å². The van der Waals surface area contributed by atoms with Crippen molar-refractivity contribution in [1.29, 1.82) is 0 Å². The molecule has 1 saturated carbocycles. The summed E-state index contributed by atoms with van der Waals surface area (Å²) in [6.07, 6.45) is 5.23. The molecular formula is C17H21N3O2S2. The number of thiazole rings is 1. The Labute approximate surface area is 149 Å². The van der Waals surface area contributed by atoms with Gasteiger partial charge in [-0.1, -0.05) is 0 Å². The molecule has 1 aliphatic heterocycles. The summed E-state index contributed by atoms with van der Waals surface area (Å²) in [5.41, 5.74) is 0.308. The lowest BCUT2D eigenvalue weighted by atomic mass is 9.93. The van der Waals surface area contributed by atoms with Crippen molar-refractivity contribution in [2.75, 3.05) is 20.2 Å². The molecule has 1 aliphatic carbocycles. The van der Waals surface area contributed by atoms with Crippen molar-refractivity contribution >= 4 is 28.6 Å². The molecule has 3 heterocycles. The molecule has 2 fully saturated rings. The monoisotopic (exact) mass is 363 g/mol. The molecule has 2 aromatic heterocycles. The van der Waals surface area contributed by atoms with Crippen LogP contribution < -0.4 is 10.1 Å². The first-order chi connectivity index (χ1) is 11.7. The number of thiophene rings is 1. The number of methoxy groups -OCH3 is 1. The van der Waals surface area contributed by atoms with Crippen LogP contribution in [0.5, 0.6) is 5.75 Å². The van der Waals surface area contributed by atoms with Crippen molar-refractivity contribution in [1.82, 2.24) is 15.2 Å². The Bertz CT molecular complexity index is 707. The van der Waals surface area contributed by atoms with Crippen molar-refractivity contribution < 1.29 is 9.53 Å². The van der Waals surface area contributed by atoms with Crippen LogP contribution in [0.15, 0.2) is 23.0 Å². The number of nitrogens with zero attached hydrogens (tertiary/aromatic N) is 2. The van der Waals surface area contributed by atoms with E-state index in [1.807, 2.05) is 27.9 Å². The molecule has 1 spiro atoms. The second-order valence-electron chi connectivity index (χ2n) is 6.51. The van der Waals surface area contributed by atoms with Gasteiger partial charge in [0.05, 0.1) is 13.7 Å². The molecule has 0 aromatic carbocycles. The minimum Gasteiger partial charge on any atom is -0.495 e. The molecule has 5 nitrogen and oxygen atoms in total. The number of aromatic nitrogens is 1. The molecule has 1 atom stereocenters. The van der Waals surface area contributed by atoms with E-state index in [1.165, 1.54) is 11.3 Å². The van der Waals surface area contributed by atoms with Crippen molar-refractivity contribution in [3.05, 3.63) is 32.9 Å². The lowest BCUT2D eigenvalue weighted by molar-refractivity contribution is 0.0694. The molecule has 128 valence electrons. The van der Waals surface area contributed by atoms with Gasteiger partial charge in [-0.3, -0.25) is 4.79 Å². The van der Waals surface area contributed by atoms with E-state index in [1.54, 1.807) is 18.4 Å².